The van der Waals surface area contributed by atoms with Gasteiger partial charge in [-0.3, -0.25) is 4.99 Å². The van der Waals surface area contributed by atoms with E-state index >= 15 is 0 Å². The highest BCUT2D eigenvalue weighted by Crippen LogP contribution is 2.06. The van der Waals surface area contributed by atoms with Crippen LogP contribution in [0.3, 0.4) is 0 Å². The van der Waals surface area contributed by atoms with Crippen molar-refractivity contribution in [2.45, 2.75) is 18.9 Å². The highest BCUT2D eigenvalue weighted by Gasteiger charge is 2.13. The van der Waals surface area contributed by atoms with E-state index in [0.29, 0.717) is 6.04 Å². The van der Waals surface area contributed by atoms with E-state index in [1.807, 2.05) is 0 Å². The molecule has 0 fully saturated rings. The van der Waals surface area contributed by atoms with Gasteiger partial charge in [0.15, 0.2) is 5.96 Å². The van der Waals surface area contributed by atoms with Gasteiger partial charge in [0, 0.05) is 25.7 Å². The molecule has 2 rings (SSSR count). The van der Waals surface area contributed by atoms with Crippen molar-refractivity contribution in [1.29, 1.82) is 0 Å². The van der Waals surface area contributed by atoms with Crippen molar-refractivity contribution >= 4 is 5.96 Å². The summed E-state index contributed by atoms with van der Waals surface area (Å²) in [6, 6.07) is 11.1. The Labute approximate surface area is 115 Å². The first kappa shape index (κ1) is 13.9. The number of likely N-dealkylation sites (N-methyl/N-ethyl adjacent to an activating group) is 1. The summed E-state index contributed by atoms with van der Waals surface area (Å²) in [5.74, 6) is 0.950. The molecule has 1 atom stereocenters. The number of aliphatic imine (C=N–C) groups is 1. The average Bonchev–Trinajstić information content (AvgIpc) is 2.45. The molecule has 0 bridgehead atoms. The Bertz CT molecular complexity index is 400. The van der Waals surface area contributed by atoms with Gasteiger partial charge in [-0.25, -0.2) is 0 Å². The van der Waals surface area contributed by atoms with Gasteiger partial charge in [-0.2, -0.15) is 0 Å². The summed E-state index contributed by atoms with van der Waals surface area (Å²) in [5.41, 5.74) is 1.38. The number of benzene rings is 1. The molecular weight excluding hydrogens is 236 g/mol. The smallest absolute Gasteiger partial charge is 0.191 e. The van der Waals surface area contributed by atoms with Gasteiger partial charge >= 0.3 is 0 Å². The quantitative estimate of drug-likeness (QED) is 0.833. The lowest BCUT2D eigenvalue weighted by atomic mass is 10.1. The van der Waals surface area contributed by atoms with E-state index in [-0.39, 0.29) is 0 Å². The fourth-order valence-corrected chi connectivity index (χ4v) is 2.19. The van der Waals surface area contributed by atoms with E-state index in [4.69, 9.17) is 0 Å². The van der Waals surface area contributed by atoms with Crippen LogP contribution in [0.2, 0.25) is 0 Å². The number of nitrogens with zero attached hydrogens (tertiary/aromatic N) is 2. The molecule has 0 aromatic heterocycles. The fraction of sp³-hybridized carbons (Fsp3) is 0.533. The van der Waals surface area contributed by atoms with Crippen LogP contribution in [0.1, 0.15) is 12.0 Å². The number of nitrogens with one attached hydrogen (secondary N) is 2. The topological polar surface area (TPSA) is 39.7 Å². The van der Waals surface area contributed by atoms with Crippen molar-refractivity contribution in [2.24, 2.45) is 4.99 Å². The average molecular weight is 260 g/mol. The molecule has 0 radical (unpaired) electrons. The lowest BCUT2D eigenvalue weighted by Crippen LogP contribution is -2.47. The Balaban J connectivity index is 1.87. The second-order valence-electron chi connectivity index (χ2n) is 5.20. The molecule has 0 saturated carbocycles. The minimum atomic E-state index is 0.467. The predicted molar refractivity (Wildman–Crippen MR) is 80.5 cm³/mol. The highest BCUT2D eigenvalue weighted by molar-refractivity contribution is 5.80. The molecule has 0 amide bonds. The second-order valence-corrected chi connectivity index (χ2v) is 5.20. The van der Waals surface area contributed by atoms with Gasteiger partial charge in [-0.1, -0.05) is 30.3 Å². The second kappa shape index (κ2) is 7.14. The van der Waals surface area contributed by atoms with Crippen LogP contribution < -0.4 is 10.6 Å². The van der Waals surface area contributed by atoms with E-state index < -0.39 is 0 Å². The molecule has 0 saturated heterocycles. The summed E-state index contributed by atoms with van der Waals surface area (Å²) < 4.78 is 0. The molecule has 2 N–H and O–H groups in total. The zero-order chi connectivity index (χ0) is 13.5. The lowest BCUT2D eigenvalue weighted by Gasteiger charge is -2.26. The van der Waals surface area contributed by atoms with Crippen molar-refractivity contribution in [2.75, 3.05) is 33.7 Å². The van der Waals surface area contributed by atoms with E-state index in [1.165, 1.54) is 5.56 Å². The monoisotopic (exact) mass is 260 g/mol. The van der Waals surface area contributed by atoms with E-state index in [2.05, 4.69) is 65.0 Å². The van der Waals surface area contributed by atoms with Gasteiger partial charge in [-0.05, 0) is 32.5 Å². The maximum atomic E-state index is 4.44. The normalized spacial score (nSPS) is 16.7. The van der Waals surface area contributed by atoms with Crippen LogP contribution in [0.4, 0.5) is 0 Å². The Morgan fingerprint density at radius 3 is 2.74 bits per heavy atom. The van der Waals surface area contributed by atoms with Gasteiger partial charge < -0.3 is 15.5 Å². The van der Waals surface area contributed by atoms with E-state index in [1.54, 1.807) is 0 Å². The Hall–Kier alpha value is -1.55. The maximum absolute atomic E-state index is 4.44. The van der Waals surface area contributed by atoms with Crippen LogP contribution in [0.5, 0.6) is 0 Å². The van der Waals surface area contributed by atoms with Crippen molar-refractivity contribution in [3.63, 3.8) is 0 Å². The Kier molecular flexibility index (Phi) is 5.21. The SMILES string of the molecule is CN(C)C(CNC1=NCCCN1)Cc1ccccc1. The predicted octanol–water partition coefficient (Wildman–Crippen LogP) is 1.10. The molecule has 104 valence electrons. The molecule has 1 heterocycles. The third-order valence-corrected chi connectivity index (χ3v) is 3.45. The minimum Gasteiger partial charge on any atom is -0.356 e. The van der Waals surface area contributed by atoms with E-state index in [9.17, 15) is 0 Å². The molecule has 0 spiro atoms. The summed E-state index contributed by atoms with van der Waals surface area (Å²) >= 11 is 0. The molecule has 1 aliphatic rings. The first-order valence-corrected chi connectivity index (χ1v) is 6.98. The first-order chi connectivity index (χ1) is 9.25. The number of hydrogen-bond donors (Lipinski definition) is 2. The third-order valence-electron chi connectivity index (χ3n) is 3.45. The van der Waals surface area contributed by atoms with Crippen LogP contribution in [-0.2, 0) is 6.42 Å². The van der Waals surface area contributed by atoms with Crippen LogP contribution >= 0.6 is 0 Å². The van der Waals surface area contributed by atoms with Crippen molar-refractivity contribution in [3.8, 4) is 0 Å². The molecule has 1 aliphatic heterocycles. The highest BCUT2D eigenvalue weighted by atomic mass is 15.2. The zero-order valence-corrected chi connectivity index (χ0v) is 11.9. The summed E-state index contributed by atoms with van der Waals surface area (Å²) in [7, 11) is 4.26. The molecular formula is C15H24N4. The van der Waals surface area contributed by atoms with Crippen LogP contribution in [0.25, 0.3) is 0 Å². The molecule has 0 aliphatic carbocycles. The largest absolute Gasteiger partial charge is 0.356 e. The Morgan fingerprint density at radius 1 is 1.32 bits per heavy atom. The third kappa shape index (κ3) is 4.56. The van der Waals surface area contributed by atoms with E-state index in [0.717, 1.165) is 38.4 Å². The Morgan fingerprint density at radius 2 is 2.11 bits per heavy atom. The standard InChI is InChI=1S/C15H24N4/c1-19(2)14(11-13-7-4-3-5-8-13)12-18-15-16-9-6-10-17-15/h3-5,7-8,14H,6,9-12H2,1-2H3,(H2,16,17,18). The molecule has 19 heavy (non-hydrogen) atoms. The number of rotatable bonds is 5. The molecule has 1 aromatic carbocycles. The van der Waals surface area contributed by atoms with Gasteiger partial charge in [0.05, 0.1) is 0 Å². The van der Waals surface area contributed by atoms with Crippen molar-refractivity contribution < 1.29 is 0 Å². The number of guanidine groups is 1. The molecule has 4 heteroatoms. The molecule has 4 nitrogen and oxygen atoms in total. The van der Waals surface area contributed by atoms with Crippen LogP contribution in [0.15, 0.2) is 35.3 Å². The lowest BCUT2D eigenvalue weighted by molar-refractivity contribution is 0.290. The summed E-state index contributed by atoms with van der Waals surface area (Å²) in [6.45, 7) is 2.87. The number of hydrogen-bond acceptors (Lipinski definition) is 4. The summed E-state index contributed by atoms with van der Waals surface area (Å²) in [4.78, 5) is 6.71. The van der Waals surface area contributed by atoms with Gasteiger partial charge in [0.25, 0.3) is 0 Å². The minimum absolute atomic E-state index is 0.467. The van der Waals surface area contributed by atoms with Gasteiger partial charge in [0.1, 0.15) is 0 Å². The van der Waals surface area contributed by atoms with Gasteiger partial charge in [-0.15, -0.1) is 0 Å². The molecule has 1 unspecified atom stereocenters. The maximum Gasteiger partial charge on any atom is 0.191 e. The summed E-state index contributed by atoms with van der Waals surface area (Å²) in [5, 5.41) is 6.72. The van der Waals surface area contributed by atoms with Gasteiger partial charge in [0.2, 0.25) is 0 Å². The van der Waals surface area contributed by atoms with Crippen molar-refractivity contribution in [3.05, 3.63) is 35.9 Å². The van der Waals surface area contributed by atoms with Crippen LogP contribution in [-0.4, -0.2) is 50.6 Å². The fourth-order valence-electron chi connectivity index (χ4n) is 2.19. The first-order valence-electron chi connectivity index (χ1n) is 6.98. The molecule has 1 aromatic rings. The van der Waals surface area contributed by atoms with Crippen molar-refractivity contribution in [1.82, 2.24) is 15.5 Å². The summed E-state index contributed by atoms with van der Waals surface area (Å²) in [6.07, 6.45) is 2.18. The zero-order valence-electron chi connectivity index (χ0n) is 11.9. The van der Waals surface area contributed by atoms with Crippen LogP contribution in [0, 0.1) is 0 Å².